The first-order valence-corrected chi connectivity index (χ1v) is 8.58. The average molecular weight is 354 g/mol. The minimum absolute atomic E-state index is 0.0439. The van der Waals surface area contributed by atoms with E-state index in [4.69, 9.17) is 22.1 Å². The van der Waals surface area contributed by atoms with E-state index in [1.54, 1.807) is 36.1 Å². The molecule has 1 aliphatic heterocycles. The molecule has 6 nitrogen and oxygen atoms in total. The summed E-state index contributed by atoms with van der Waals surface area (Å²) in [5, 5.41) is 3.25. The van der Waals surface area contributed by atoms with Crippen molar-refractivity contribution in [2.24, 2.45) is 11.7 Å². The van der Waals surface area contributed by atoms with Gasteiger partial charge in [0.2, 0.25) is 5.91 Å². The van der Waals surface area contributed by atoms with Gasteiger partial charge < -0.3 is 20.7 Å². The van der Waals surface area contributed by atoms with Gasteiger partial charge in [0.05, 0.1) is 10.9 Å². The van der Waals surface area contributed by atoms with Crippen molar-refractivity contribution in [1.82, 2.24) is 10.2 Å². The lowest BCUT2D eigenvalue weighted by molar-refractivity contribution is -0.141. The van der Waals surface area contributed by atoms with E-state index in [9.17, 15) is 9.59 Å². The Kier molecular flexibility index (Phi) is 6.87. The quantitative estimate of drug-likeness (QED) is 0.810. The zero-order chi connectivity index (χ0) is 17.5. The highest BCUT2D eigenvalue weighted by molar-refractivity contribution is 6.32. The summed E-state index contributed by atoms with van der Waals surface area (Å²) in [5.41, 5.74) is 5.40. The number of rotatable bonds is 6. The van der Waals surface area contributed by atoms with Gasteiger partial charge in [-0.1, -0.05) is 23.7 Å². The van der Waals surface area contributed by atoms with Gasteiger partial charge in [-0.05, 0) is 31.9 Å². The Morgan fingerprint density at radius 2 is 2.21 bits per heavy atom. The Morgan fingerprint density at radius 3 is 2.92 bits per heavy atom. The molecule has 7 heteroatoms. The lowest BCUT2D eigenvalue weighted by Gasteiger charge is -2.33. The number of carbonyl (C=O) groups is 2. The number of hydrogen-bond acceptors (Lipinski definition) is 4. The average Bonchev–Trinajstić information content (AvgIpc) is 2.61. The van der Waals surface area contributed by atoms with Gasteiger partial charge in [-0.25, -0.2) is 0 Å². The molecule has 3 N–H and O–H groups in total. The molecule has 2 unspecified atom stereocenters. The molecule has 2 atom stereocenters. The van der Waals surface area contributed by atoms with Crippen molar-refractivity contribution in [3.8, 4) is 5.75 Å². The molecule has 2 rings (SSSR count). The van der Waals surface area contributed by atoms with Gasteiger partial charge in [-0.15, -0.1) is 0 Å². The van der Waals surface area contributed by atoms with Gasteiger partial charge >= 0.3 is 0 Å². The third kappa shape index (κ3) is 4.85. The summed E-state index contributed by atoms with van der Waals surface area (Å²) in [5.74, 6) is 0.111. The van der Waals surface area contributed by atoms with E-state index in [2.05, 4.69) is 5.32 Å². The second-order valence-electron chi connectivity index (χ2n) is 5.89. The molecule has 0 aromatic heterocycles. The number of nitrogens with one attached hydrogen (secondary N) is 1. The second kappa shape index (κ2) is 8.89. The Hall–Kier alpha value is -1.79. The fourth-order valence-corrected chi connectivity index (χ4v) is 2.95. The smallest absolute Gasteiger partial charge is 0.263 e. The fraction of sp³-hybridized carbons (Fsp3) is 0.529. The van der Waals surface area contributed by atoms with Crippen molar-refractivity contribution >= 4 is 23.4 Å². The summed E-state index contributed by atoms with van der Waals surface area (Å²) >= 11 is 6.06. The first kappa shape index (κ1) is 18.5. The van der Waals surface area contributed by atoms with Gasteiger partial charge in [-0.2, -0.15) is 0 Å². The van der Waals surface area contributed by atoms with E-state index < -0.39 is 6.10 Å². The van der Waals surface area contributed by atoms with Crippen molar-refractivity contribution in [3.63, 3.8) is 0 Å². The van der Waals surface area contributed by atoms with Crippen molar-refractivity contribution in [1.29, 1.82) is 0 Å². The predicted molar refractivity (Wildman–Crippen MR) is 92.9 cm³/mol. The molecule has 1 fully saturated rings. The molecule has 1 saturated heterocycles. The molecule has 2 amide bonds. The van der Waals surface area contributed by atoms with Crippen molar-refractivity contribution in [2.75, 3.05) is 26.2 Å². The van der Waals surface area contributed by atoms with Crippen LogP contribution in [-0.2, 0) is 9.59 Å². The van der Waals surface area contributed by atoms with Crippen LogP contribution in [0.2, 0.25) is 5.02 Å². The normalized spacial score (nSPS) is 18.8. The molecule has 1 heterocycles. The number of nitrogens with zero attached hydrogens (tertiary/aromatic N) is 1. The van der Waals surface area contributed by atoms with Crippen molar-refractivity contribution < 1.29 is 14.3 Å². The maximum absolute atomic E-state index is 12.6. The molecule has 1 aromatic rings. The Labute approximate surface area is 147 Å². The lowest BCUT2D eigenvalue weighted by atomic mass is 9.96. The molecule has 0 spiro atoms. The van der Waals surface area contributed by atoms with Crippen LogP contribution in [0, 0.1) is 5.92 Å². The summed E-state index contributed by atoms with van der Waals surface area (Å²) in [4.78, 5) is 26.4. The topological polar surface area (TPSA) is 84.7 Å². The number of benzene rings is 1. The number of ether oxygens (including phenoxy) is 1. The molecule has 0 aliphatic carbocycles. The fourth-order valence-electron chi connectivity index (χ4n) is 2.77. The van der Waals surface area contributed by atoms with Crippen LogP contribution in [0.5, 0.6) is 5.75 Å². The molecule has 0 saturated carbocycles. The predicted octanol–water partition coefficient (Wildman–Crippen LogP) is 1.42. The number of carbonyl (C=O) groups excluding carboxylic acids is 2. The van der Waals surface area contributed by atoms with E-state index in [0.29, 0.717) is 37.0 Å². The van der Waals surface area contributed by atoms with Gasteiger partial charge in [0.15, 0.2) is 6.10 Å². The van der Waals surface area contributed by atoms with Crippen LogP contribution in [-0.4, -0.2) is 49.0 Å². The number of piperidine rings is 1. The summed E-state index contributed by atoms with van der Waals surface area (Å²) < 4.78 is 5.68. The number of para-hydroxylation sites is 1. The van der Waals surface area contributed by atoms with Gasteiger partial charge in [-0.3, -0.25) is 9.59 Å². The lowest BCUT2D eigenvalue weighted by Crippen LogP contribution is -2.49. The number of amides is 2. The Bertz CT molecular complexity index is 582. The molecule has 24 heavy (non-hydrogen) atoms. The van der Waals surface area contributed by atoms with Crippen LogP contribution in [0.25, 0.3) is 0 Å². The zero-order valence-corrected chi connectivity index (χ0v) is 14.6. The van der Waals surface area contributed by atoms with E-state index in [1.807, 2.05) is 0 Å². The van der Waals surface area contributed by atoms with E-state index in [1.165, 1.54) is 0 Å². The highest BCUT2D eigenvalue weighted by Crippen LogP contribution is 2.25. The van der Waals surface area contributed by atoms with Crippen LogP contribution < -0.4 is 15.8 Å². The standard InChI is InChI=1S/C17H24ClN3O3/c1-12(24-15-7-3-2-6-14(15)18)17(23)21-10-4-5-13(11-21)16(22)20-9-8-19/h2-3,6-7,12-13H,4-5,8-11,19H2,1H3,(H,20,22). The van der Waals surface area contributed by atoms with E-state index >= 15 is 0 Å². The zero-order valence-electron chi connectivity index (χ0n) is 13.8. The SMILES string of the molecule is CC(Oc1ccccc1Cl)C(=O)N1CCCC(C(=O)NCCN)C1. The van der Waals surface area contributed by atoms with Crippen LogP contribution in [0.4, 0.5) is 0 Å². The van der Waals surface area contributed by atoms with Crippen molar-refractivity contribution in [3.05, 3.63) is 29.3 Å². The third-order valence-corrected chi connectivity index (χ3v) is 4.35. The first-order valence-electron chi connectivity index (χ1n) is 8.20. The molecular weight excluding hydrogens is 330 g/mol. The van der Waals surface area contributed by atoms with Crippen LogP contribution >= 0.6 is 11.6 Å². The van der Waals surface area contributed by atoms with Crippen LogP contribution in [0.3, 0.4) is 0 Å². The number of nitrogens with two attached hydrogens (primary N) is 1. The van der Waals surface area contributed by atoms with Crippen molar-refractivity contribution in [2.45, 2.75) is 25.9 Å². The van der Waals surface area contributed by atoms with Crippen LogP contribution in [0.1, 0.15) is 19.8 Å². The summed E-state index contributed by atoms with van der Waals surface area (Å²) in [6, 6.07) is 7.05. The molecule has 0 radical (unpaired) electrons. The highest BCUT2D eigenvalue weighted by atomic mass is 35.5. The molecule has 1 aromatic carbocycles. The second-order valence-corrected chi connectivity index (χ2v) is 6.30. The maximum Gasteiger partial charge on any atom is 0.263 e. The van der Waals surface area contributed by atoms with E-state index in [-0.39, 0.29) is 17.7 Å². The summed E-state index contributed by atoms with van der Waals surface area (Å²) in [7, 11) is 0. The van der Waals surface area contributed by atoms with E-state index in [0.717, 1.165) is 12.8 Å². The number of likely N-dealkylation sites (tertiary alicyclic amines) is 1. The van der Waals surface area contributed by atoms with Gasteiger partial charge in [0, 0.05) is 26.2 Å². The van der Waals surface area contributed by atoms with Crippen LogP contribution in [0.15, 0.2) is 24.3 Å². The minimum atomic E-state index is -0.657. The maximum atomic E-state index is 12.6. The molecule has 1 aliphatic rings. The highest BCUT2D eigenvalue weighted by Gasteiger charge is 2.31. The molecule has 132 valence electrons. The summed E-state index contributed by atoms with van der Waals surface area (Å²) in [6.45, 7) is 3.60. The number of hydrogen-bond donors (Lipinski definition) is 2. The summed E-state index contributed by atoms with van der Waals surface area (Å²) in [6.07, 6.45) is 0.918. The Balaban J connectivity index is 1.93. The molecule has 0 bridgehead atoms. The largest absolute Gasteiger partial charge is 0.479 e. The van der Waals surface area contributed by atoms with Gasteiger partial charge in [0.1, 0.15) is 5.75 Å². The minimum Gasteiger partial charge on any atom is -0.479 e. The first-order chi connectivity index (χ1) is 11.5. The monoisotopic (exact) mass is 353 g/mol. The third-order valence-electron chi connectivity index (χ3n) is 4.04. The molecular formula is C17H24ClN3O3. The Morgan fingerprint density at radius 1 is 1.46 bits per heavy atom. The van der Waals surface area contributed by atoms with Gasteiger partial charge in [0.25, 0.3) is 5.91 Å². The number of halogens is 1.